The molecule has 1 N–H and O–H groups in total. The normalized spacial score (nSPS) is 12.4. The molecule has 0 aliphatic rings. The maximum absolute atomic E-state index is 14.5. The molecule has 0 fully saturated rings. The van der Waals surface area contributed by atoms with E-state index >= 15 is 0 Å². The molecule has 1 heterocycles. The van der Waals surface area contributed by atoms with Crippen LogP contribution in [0.3, 0.4) is 0 Å². The monoisotopic (exact) mass is 277 g/mol. The standard InChI is InChI=1S/C16H20FNO2/c1-4-9-18-16(12-8-10-20-11(12)2)13-6-5-7-14(19-3)15(13)17/h5-8,10,16,18H,4,9H2,1-3H3. The van der Waals surface area contributed by atoms with Gasteiger partial charge in [-0.1, -0.05) is 19.1 Å². The summed E-state index contributed by atoms with van der Waals surface area (Å²) in [5.74, 6) is 0.719. The Bertz CT molecular complexity index is 565. The van der Waals surface area contributed by atoms with Crippen LogP contribution < -0.4 is 10.1 Å². The molecule has 0 aliphatic carbocycles. The molecule has 0 saturated heterocycles. The Morgan fingerprint density at radius 1 is 1.30 bits per heavy atom. The van der Waals surface area contributed by atoms with Gasteiger partial charge in [-0.3, -0.25) is 0 Å². The van der Waals surface area contributed by atoms with Gasteiger partial charge in [0.05, 0.1) is 19.4 Å². The van der Waals surface area contributed by atoms with Crippen molar-refractivity contribution in [2.24, 2.45) is 0 Å². The first kappa shape index (κ1) is 14.6. The summed E-state index contributed by atoms with van der Waals surface area (Å²) in [6.45, 7) is 4.76. The van der Waals surface area contributed by atoms with Crippen LogP contribution >= 0.6 is 0 Å². The summed E-state index contributed by atoms with van der Waals surface area (Å²) in [6.07, 6.45) is 2.60. The third kappa shape index (κ3) is 2.85. The first-order chi connectivity index (χ1) is 9.69. The molecule has 108 valence electrons. The molecule has 0 aliphatic heterocycles. The van der Waals surface area contributed by atoms with Crippen molar-refractivity contribution in [2.45, 2.75) is 26.3 Å². The molecule has 1 atom stereocenters. The van der Waals surface area contributed by atoms with E-state index in [9.17, 15) is 4.39 Å². The highest BCUT2D eigenvalue weighted by molar-refractivity contribution is 5.39. The lowest BCUT2D eigenvalue weighted by Gasteiger charge is -2.20. The van der Waals surface area contributed by atoms with Crippen molar-refractivity contribution in [1.29, 1.82) is 0 Å². The van der Waals surface area contributed by atoms with Gasteiger partial charge in [-0.05, 0) is 32.0 Å². The number of aryl methyl sites for hydroxylation is 1. The summed E-state index contributed by atoms with van der Waals surface area (Å²) in [5.41, 5.74) is 1.52. The number of halogens is 1. The van der Waals surface area contributed by atoms with Gasteiger partial charge < -0.3 is 14.5 Å². The van der Waals surface area contributed by atoms with Crippen molar-refractivity contribution in [3.8, 4) is 5.75 Å². The predicted molar refractivity (Wildman–Crippen MR) is 76.5 cm³/mol. The summed E-state index contributed by atoms with van der Waals surface area (Å²) < 4.78 is 24.9. The third-order valence-corrected chi connectivity index (χ3v) is 3.33. The lowest BCUT2D eigenvalue weighted by molar-refractivity contribution is 0.381. The van der Waals surface area contributed by atoms with Crippen LogP contribution in [0, 0.1) is 12.7 Å². The minimum Gasteiger partial charge on any atom is -0.494 e. The van der Waals surface area contributed by atoms with Crippen molar-refractivity contribution in [3.63, 3.8) is 0 Å². The fourth-order valence-corrected chi connectivity index (χ4v) is 2.28. The Labute approximate surface area is 118 Å². The van der Waals surface area contributed by atoms with Crippen LogP contribution in [-0.2, 0) is 0 Å². The van der Waals surface area contributed by atoms with Gasteiger partial charge in [-0.25, -0.2) is 4.39 Å². The second-order valence-corrected chi connectivity index (χ2v) is 4.68. The average Bonchev–Trinajstić information content (AvgIpc) is 2.87. The van der Waals surface area contributed by atoms with Gasteiger partial charge in [0.25, 0.3) is 0 Å². The SMILES string of the molecule is CCCNC(c1ccoc1C)c1cccc(OC)c1F. The van der Waals surface area contributed by atoms with E-state index in [1.807, 2.05) is 13.0 Å². The van der Waals surface area contributed by atoms with Gasteiger partial charge in [-0.2, -0.15) is 0 Å². The topological polar surface area (TPSA) is 34.4 Å². The molecule has 4 heteroatoms. The van der Waals surface area contributed by atoms with E-state index in [1.54, 1.807) is 24.5 Å². The Morgan fingerprint density at radius 2 is 2.10 bits per heavy atom. The summed E-state index contributed by atoms with van der Waals surface area (Å²) in [4.78, 5) is 0. The maximum Gasteiger partial charge on any atom is 0.170 e. The van der Waals surface area contributed by atoms with Crippen LogP contribution in [0.2, 0.25) is 0 Å². The Balaban J connectivity index is 2.44. The fraction of sp³-hybridized carbons (Fsp3) is 0.375. The van der Waals surface area contributed by atoms with E-state index in [1.165, 1.54) is 7.11 Å². The number of hydrogen-bond donors (Lipinski definition) is 1. The first-order valence-corrected chi connectivity index (χ1v) is 6.78. The van der Waals surface area contributed by atoms with Crippen LogP contribution in [0.1, 0.15) is 36.3 Å². The molecule has 0 saturated carbocycles. The molecule has 0 bridgehead atoms. The minimum absolute atomic E-state index is 0.233. The molecular formula is C16H20FNO2. The lowest BCUT2D eigenvalue weighted by atomic mass is 9.98. The zero-order valence-electron chi connectivity index (χ0n) is 12.1. The molecule has 20 heavy (non-hydrogen) atoms. The second-order valence-electron chi connectivity index (χ2n) is 4.68. The largest absolute Gasteiger partial charge is 0.494 e. The zero-order chi connectivity index (χ0) is 14.5. The molecule has 2 aromatic rings. The Hall–Kier alpha value is -1.81. The number of ether oxygens (including phenoxy) is 1. The number of methoxy groups -OCH3 is 1. The summed E-state index contributed by atoms with van der Waals surface area (Å²) in [6, 6.07) is 6.84. The number of benzene rings is 1. The van der Waals surface area contributed by atoms with E-state index in [2.05, 4.69) is 12.2 Å². The molecule has 1 aromatic carbocycles. The highest BCUT2D eigenvalue weighted by Gasteiger charge is 2.22. The zero-order valence-corrected chi connectivity index (χ0v) is 12.1. The van der Waals surface area contributed by atoms with Crippen molar-refractivity contribution in [2.75, 3.05) is 13.7 Å². The Kier molecular flexibility index (Phi) is 4.79. The van der Waals surface area contributed by atoms with E-state index in [0.717, 1.165) is 24.3 Å². The second kappa shape index (κ2) is 6.57. The highest BCUT2D eigenvalue weighted by Crippen LogP contribution is 2.31. The van der Waals surface area contributed by atoms with E-state index in [4.69, 9.17) is 9.15 Å². The van der Waals surface area contributed by atoms with E-state index in [0.29, 0.717) is 5.56 Å². The maximum atomic E-state index is 14.5. The van der Waals surface area contributed by atoms with Crippen LogP contribution in [0.25, 0.3) is 0 Å². The van der Waals surface area contributed by atoms with Crippen LogP contribution in [0.5, 0.6) is 5.75 Å². The van der Waals surface area contributed by atoms with E-state index < -0.39 is 0 Å². The van der Waals surface area contributed by atoms with Crippen molar-refractivity contribution >= 4 is 0 Å². The van der Waals surface area contributed by atoms with Gasteiger partial charge in [0.2, 0.25) is 0 Å². The molecule has 0 radical (unpaired) electrons. The predicted octanol–water partition coefficient (Wildman–Crippen LogP) is 3.82. The van der Waals surface area contributed by atoms with Gasteiger partial charge in [0.15, 0.2) is 11.6 Å². The van der Waals surface area contributed by atoms with Crippen molar-refractivity contribution in [1.82, 2.24) is 5.32 Å². The van der Waals surface area contributed by atoms with Crippen molar-refractivity contribution < 1.29 is 13.5 Å². The van der Waals surface area contributed by atoms with Gasteiger partial charge >= 0.3 is 0 Å². The molecule has 2 rings (SSSR count). The number of furan rings is 1. The number of nitrogens with one attached hydrogen (secondary N) is 1. The van der Waals surface area contributed by atoms with Gasteiger partial charge in [-0.15, -0.1) is 0 Å². The highest BCUT2D eigenvalue weighted by atomic mass is 19.1. The first-order valence-electron chi connectivity index (χ1n) is 6.78. The smallest absolute Gasteiger partial charge is 0.170 e. The van der Waals surface area contributed by atoms with Crippen LogP contribution in [-0.4, -0.2) is 13.7 Å². The fourth-order valence-electron chi connectivity index (χ4n) is 2.28. The molecule has 0 spiro atoms. The Morgan fingerprint density at radius 3 is 2.70 bits per heavy atom. The minimum atomic E-state index is -0.329. The van der Waals surface area contributed by atoms with E-state index in [-0.39, 0.29) is 17.6 Å². The number of rotatable bonds is 6. The third-order valence-electron chi connectivity index (χ3n) is 3.33. The summed E-state index contributed by atoms with van der Waals surface area (Å²) in [7, 11) is 1.47. The van der Waals surface area contributed by atoms with Crippen LogP contribution in [0.15, 0.2) is 34.9 Å². The number of hydrogen-bond acceptors (Lipinski definition) is 3. The van der Waals surface area contributed by atoms with Crippen LogP contribution in [0.4, 0.5) is 4.39 Å². The average molecular weight is 277 g/mol. The van der Waals surface area contributed by atoms with Crippen molar-refractivity contribution in [3.05, 3.63) is 53.2 Å². The molecule has 1 aromatic heterocycles. The van der Waals surface area contributed by atoms with Gasteiger partial charge in [0, 0.05) is 11.1 Å². The lowest BCUT2D eigenvalue weighted by Crippen LogP contribution is -2.24. The quantitative estimate of drug-likeness (QED) is 0.871. The molecule has 0 amide bonds. The molecular weight excluding hydrogens is 257 g/mol. The van der Waals surface area contributed by atoms with Gasteiger partial charge in [0.1, 0.15) is 5.76 Å². The summed E-state index contributed by atoms with van der Waals surface area (Å²) in [5, 5.41) is 3.37. The molecule has 1 unspecified atom stereocenters. The summed E-state index contributed by atoms with van der Waals surface area (Å²) >= 11 is 0. The molecule has 3 nitrogen and oxygen atoms in total.